The molecule has 2 aromatic rings. The quantitative estimate of drug-likeness (QED) is 0.872. The second kappa shape index (κ2) is 6.98. The van der Waals surface area contributed by atoms with Crippen LogP contribution in [0.1, 0.15) is 12.5 Å². The van der Waals surface area contributed by atoms with Crippen LogP contribution in [0.4, 0.5) is 0 Å². The van der Waals surface area contributed by atoms with E-state index in [1.807, 2.05) is 16.8 Å². The molecule has 0 saturated heterocycles. The molecule has 0 amide bonds. The van der Waals surface area contributed by atoms with Gasteiger partial charge < -0.3 is 5.32 Å². The molecule has 1 unspecified atom stereocenters. The van der Waals surface area contributed by atoms with Crippen molar-refractivity contribution in [2.45, 2.75) is 26.1 Å². The van der Waals surface area contributed by atoms with E-state index in [2.05, 4.69) is 27.3 Å². The van der Waals surface area contributed by atoms with Crippen molar-refractivity contribution in [1.29, 1.82) is 0 Å². The van der Waals surface area contributed by atoms with E-state index in [1.54, 1.807) is 25.0 Å². The number of aromatic nitrogens is 4. The molecule has 0 aliphatic carbocycles. The predicted octanol–water partition coefficient (Wildman–Crippen LogP) is 1.27. The highest BCUT2D eigenvalue weighted by atomic mass is 35.5. The topological polar surface area (TPSA) is 55.6 Å². The molecule has 0 spiro atoms. The summed E-state index contributed by atoms with van der Waals surface area (Å²) in [6.45, 7) is 3.80. The van der Waals surface area contributed by atoms with Crippen molar-refractivity contribution < 1.29 is 0 Å². The minimum absolute atomic E-state index is 0. The van der Waals surface area contributed by atoms with E-state index in [1.165, 1.54) is 5.56 Å². The Morgan fingerprint density at radius 1 is 1.29 bits per heavy atom. The lowest BCUT2D eigenvalue weighted by molar-refractivity contribution is 0.450. The molecule has 17 heavy (non-hydrogen) atoms. The number of hydrogen-bond acceptors (Lipinski definition) is 4. The average molecular weight is 254 g/mol. The Kier molecular flexibility index (Phi) is 5.59. The SMILES string of the molecule is CC(Cn1cncn1)NCc1ccncc1.Cl. The molecular weight excluding hydrogens is 238 g/mol. The maximum Gasteiger partial charge on any atom is 0.137 e. The lowest BCUT2D eigenvalue weighted by Gasteiger charge is -2.13. The maximum atomic E-state index is 4.07. The van der Waals surface area contributed by atoms with Crippen molar-refractivity contribution in [3.05, 3.63) is 42.7 Å². The molecule has 6 heteroatoms. The molecule has 0 aromatic carbocycles. The Bertz CT molecular complexity index is 403. The fourth-order valence-electron chi connectivity index (χ4n) is 1.46. The second-order valence-electron chi connectivity index (χ2n) is 3.75. The van der Waals surface area contributed by atoms with Crippen LogP contribution in [0.5, 0.6) is 0 Å². The Morgan fingerprint density at radius 2 is 2.06 bits per heavy atom. The summed E-state index contributed by atoms with van der Waals surface area (Å²) >= 11 is 0. The van der Waals surface area contributed by atoms with E-state index in [-0.39, 0.29) is 12.4 Å². The van der Waals surface area contributed by atoms with E-state index in [4.69, 9.17) is 0 Å². The van der Waals surface area contributed by atoms with Crippen LogP contribution in [0.3, 0.4) is 0 Å². The van der Waals surface area contributed by atoms with Crippen LogP contribution in [0.15, 0.2) is 37.2 Å². The zero-order valence-electron chi connectivity index (χ0n) is 9.65. The van der Waals surface area contributed by atoms with Gasteiger partial charge in [0, 0.05) is 25.0 Å². The minimum Gasteiger partial charge on any atom is -0.308 e. The third-order valence-corrected chi connectivity index (χ3v) is 2.33. The van der Waals surface area contributed by atoms with Gasteiger partial charge in [0.05, 0.1) is 6.54 Å². The van der Waals surface area contributed by atoms with E-state index in [9.17, 15) is 0 Å². The monoisotopic (exact) mass is 253 g/mol. The molecule has 2 aromatic heterocycles. The molecular formula is C11H16ClN5. The minimum atomic E-state index is 0. The van der Waals surface area contributed by atoms with Crippen molar-refractivity contribution >= 4 is 12.4 Å². The van der Waals surface area contributed by atoms with Gasteiger partial charge in [-0.3, -0.25) is 9.67 Å². The molecule has 2 rings (SSSR count). The van der Waals surface area contributed by atoms with Crippen LogP contribution in [-0.4, -0.2) is 25.8 Å². The fraction of sp³-hybridized carbons (Fsp3) is 0.364. The summed E-state index contributed by atoms with van der Waals surface area (Å²) in [7, 11) is 0. The third-order valence-electron chi connectivity index (χ3n) is 2.33. The molecule has 0 bridgehead atoms. The Labute approximate surface area is 107 Å². The lowest BCUT2D eigenvalue weighted by atomic mass is 10.2. The van der Waals surface area contributed by atoms with Crippen molar-refractivity contribution in [1.82, 2.24) is 25.1 Å². The highest BCUT2D eigenvalue weighted by molar-refractivity contribution is 5.85. The summed E-state index contributed by atoms with van der Waals surface area (Å²) in [5.74, 6) is 0. The van der Waals surface area contributed by atoms with Gasteiger partial charge in [0.2, 0.25) is 0 Å². The summed E-state index contributed by atoms with van der Waals surface area (Å²) in [6.07, 6.45) is 6.89. The summed E-state index contributed by atoms with van der Waals surface area (Å²) in [5, 5.41) is 7.49. The third kappa shape index (κ3) is 4.50. The number of hydrogen-bond donors (Lipinski definition) is 1. The van der Waals surface area contributed by atoms with Gasteiger partial charge in [0.15, 0.2) is 0 Å². The lowest BCUT2D eigenvalue weighted by Crippen LogP contribution is -2.30. The highest BCUT2D eigenvalue weighted by Gasteiger charge is 2.02. The zero-order valence-corrected chi connectivity index (χ0v) is 10.5. The van der Waals surface area contributed by atoms with Gasteiger partial charge in [-0.25, -0.2) is 4.98 Å². The second-order valence-corrected chi connectivity index (χ2v) is 3.75. The molecule has 92 valence electrons. The Hall–Kier alpha value is -1.46. The molecule has 0 fully saturated rings. The van der Waals surface area contributed by atoms with Gasteiger partial charge >= 0.3 is 0 Å². The average Bonchev–Trinajstić information content (AvgIpc) is 2.81. The molecule has 0 saturated carbocycles. The van der Waals surface area contributed by atoms with E-state index in [0.717, 1.165) is 13.1 Å². The van der Waals surface area contributed by atoms with Crippen molar-refractivity contribution in [2.24, 2.45) is 0 Å². The van der Waals surface area contributed by atoms with Gasteiger partial charge in [-0.2, -0.15) is 5.10 Å². The van der Waals surface area contributed by atoms with Gasteiger partial charge in [-0.05, 0) is 24.6 Å². The van der Waals surface area contributed by atoms with Crippen molar-refractivity contribution in [3.8, 4) is 0 Å². The first-order valence-corrected chi connectivity index (χ1v) is 5.29. The number of halogens is 1. The first-order valence-electron chi connectivity index (χ1n) is 5.29. The highest BCUT2D eigenvalue weighted by Crippen LogP contribution is 1.97. The van der Waals surface area contributed by atoms with Crippen LogP contribution in [0, 0.1) is 0 Å². The zero-order chi connectivity index (χ0) is 11.2. The first-order chi connectivity index (χ1) is 7.84. The number of nitrogens with zero attached hydrogens (tertiary/aromatic N) is 4. The fourth-order valence-corrected chi connectivity index (χ4v) is 1.46. The van der Waals surface area contributed by atoms with Crippen LogP contribution >= 0.6 is 12.4 Å². The van der Waals surface area contributed by atoms with Gasteiger partial charge in [0.1, 0.15) is 12.7 Å². The largest absolute Gasteiger partial charge is 0.308 e. The molecule has 1 N–H and O–H groups in total. The maximum absolute atomic E-state index is 4.07. The molecule has 1 atom stereocenters. The summed E-state index contributed by atoms with van der Waals surface area (Å²) in [5.41, 5.74) is 1.24. The Balaban J connectivity index is 0.00000144. The van der Waals surface area contributed by atoms with Crippen LogP contribution in [-0.2, 0) is 13.1 Å². The molecule has 0 aliphatic heterocycles. The van der Waals surface area contributed by atoms with Crippen LogP contribution < -0.4 is 5.32 Å². The van der Waals surface area contributed by atoms with Crippen LogP contribution in [0.2, 0.25) is 0 Å². The van der Waals surface area contributed by atoms with Gasteiger partial charge in [-0.15, -0.1) is 12.4 Å². The number of rotatable bonds is 5. The van der Waals surface area contributed by atoms with Gasteiger partial charge in [-0.1, -0.05) is 0 Å². The van der Waals surface area contributed by atoms with Crippen LogP contribution in [0.25, 0.3) is 0 Å². The van der Waals surface area contributed by atoms with Crippen molar-refractivity contribution in [2.75, 3.05) is 0 Å². The van der Waals surface area contributed by atoms with E-state index in [0.29, 0.717) is 6.04 Å². The molecule has 5 nitrogen and oxygen atoms in total. The van der Waals surface area contributed by atoms with Gasteiger partial charge in [0.25, 0.3) is 0 Å². The summed E-state index contributed by atoms with van der Waals surface area (Å²) in [4.78, 5) is 7.89. The normalized spacial score (nSPS) is 11.8. The summed E-state index contributed by atoms with van der Waals surface area (Å²) < 4.78 is 1.82. The number of pyridine rings is 1. The molecule has 0 aliphatic rings. The molecule has 2 heterocycles. The Morgan fingerprint density at radius 3 is 2.71 bits per heavy atom. The van der Waals surface area contributed by atoms with E-state index < -0.39 is 0 Å². The van der Waals surface area contributed by atoms with E-state index >= 15 is 0 Å². The number of nitrogens with one attached hydrogen (secondary N) is 1. The smallest absolute Gasteiger partial charge is 0.137 e. The standard InChI is InChI=1S/C11H15N5.ClH/c1-10(7-16-9-13-8-15-16)14-6-11-2-4-12-5-3-11;/h2-5,8-10,14H,6-7H2,1H3;1H. The summed E-state index contributed by atoms with van der Waals surface area (Å²) in [6, 6.07) is 4.37. The molecule has 0 radical (unpaired) electrons. The van der Waals surface area contributed by atoms with Crippen molar-refractivity contribution in [3.63, 3.8) is 0 Å². The first kappa shape index (κ1) is 13.6. The predicted molar refractivity (Wildman–Crippen MR) is 67.8 cm³/mol.